The Balaban J connectivity index is 1.85. The summed E-state index contributed by atoms with van der Waals surface area (Å²) in [4.78, 5) is 1.73. The monoisotopic (exact) mass is 373 g/mol. The molecule has 3 nitrogen and oxygen atoms in total. The van der Waals surface area contributed by atoms with Gasteiger partial charge in [0, 0.05) is 13.1 Å². The van der Waals surface area contributed by atoms with Crippen LogP contribution in [0.15, 0.2) is 48.5 Å². The number of likely N-dealkylation sites (N-methyl/N-ethyl adjacent to an activating group) is 1. The number of alkyl halides is 3. The third-order valence-corrected chi connectivity index (χ3v) is 3.81. The summed E-state index contributed by atoms with van der Waals surface area (Å²) in [6.45, 7) is 0.574. The topological polar surface area (TPSA) is 32.7 Å². The van der Waals surface area contributed by atoms with Gasteiger partial charge in [-0.15, -0.1) is 0 Å². The molecule has 0 aromatic heterocycles. The smallest absolute Gasteiger partial charge is 0.416 e. The third kappa shape index (κ3) is 6.23. The van der Waals surface area contributed by atoms with Crippen LogP contribution >= 0.6 is 11.6 Å². The highest BCUT2D eigenvalue weighted by molar-refractivity contribution is 6.32. The first kappa shape index (κ1) is 19.6. The molecule has 136 valence electrons. The molecule has 0 aliphatic heterocycles. The molecule has 1 atom stereocenters. The van der Waals surface area contributed by atoms with Crippen molar-refractivity contribution in [1.82, 2.24) is 4.90 Å². The van der Waals surface area contributed by atoms with Crippen molar-refractivity contribution < 1.29 is 23.0 Å². The van der Waals surface area contributed by atoms with E-state index in [0.717, 1.165) is 12.1 Å². The van der Waals surface area contributed by atoms with Crippen LogP contribution in [0.5, 0.6) is 5.75 Å². The molecular weight excluding hydrogens is 355 g/mol. The molecule has 0 fully saturated rings. The fraction of sp³-hybridized carbons (Fsp3) is 0.333. The lowest BCUT2D eigenvalue weighted by Gasteiger charge is -2.21. The van der Waals surface area contributed by atoms with Crippen LogP contribution in [0.1, 0.15) is 11.1 Å². The Morgan fingerprint density at radius 3 is 2.56 bits per heavy atom. The summed E-state index contributed by atoms with van der Waals surface area (Å²) in [7, 11) is 1.72. The Kier molecular flexibility index (Phi) is 6.70. The maximum Gasteiger partial charge on any atom is 0.416 e. The number of nitrogens with zero attached hydrogens (tertiary/aromatic N) is 1. The summed E-state index contributed by atoms with van der Waals surface area (Å²) in [5.74, 6) is 0.476. The molecule has 2 aromatic carbocycles. The van der Waals surface area contributed by atoms with Gasteiger partial charge in [0.1, 0.15) is 18.5 Å². The first-order chi connectivity index (χ1) is 11.8. The van der Waals surface area contributed by atoms with E-state index in [2.05, 4.69) is 0 Å². The molecule has 2 aromatic rings. The molecular formula is C18H19ClF3NO2. The zero-order valence-corrected chi connectivity index (χ0v) is 14.4. The average molecular weight is 374 g/mol. The van der Waals surface area contributed by atoms with E-state index in [1.165, 1.54) is 6.07 Å². The summed E-state index contributed by atoms with van der Waals surface area (Å²) in [6, 6.07) is 12.1. The Bertz CT molecular complexity index is 694. The minimum absolute atomic E-state index is 0.0384. The van der Waals surface area contributed by atoms with Crippen LogP contribution in [-0.2, 0) is 12.7 Å². The number of para-hydroxylation sites is 1. The van der Waals surface area contributed by atoms with Gasteiger partial charge in [0.15, 0.2) is 0 Å². The van der Waals surface area contributed by atoms with Crippen LogP contribution in [-0.4, -0.2) is 36.3 Å². The van der Waals surface area contributed by atoms with Gasteiger partial charge in [-0.25, -0.2) is 0 Å². The second-order valence-corrected chi connectivity index (χ2v) is 6.20. The van der Waals surface area contributed by atoms with Gasteiger partial charge in [0.05, 0.1) is 10.6 Å². The highest BCUT2D eigenvalue weighted by Crippen LogP contribution is 2.29. The molecule has 2 rings (SSSR count). The number of halogens is 4. The van der Waals surface area contributed by atoms with Crippen LogP contribution < -0.4 is 4.74 Å². The molecule has 1 unspecified atom stereocenters. The Labute approximate surface area is 149 Å². The summed E-state index contributed by atoms with van der Waals surface area (Å²) in [6.07, 6.45) is -5.16. The lowest BCUT2D eigenvalue weighted by molar-refractivity contribution is -0.137. The SMILES string of the molecule is CN(Cc1cccc(C(F)(F)F)c1)CC(O)COc1ccccc1Cl. The average Bonchev–Trinajstić information content (AvgIpc) is 2.53. The minimum Gasteiger partial charge on any atom is -0.489 e. The summed E-state index contributed by atoms with van der Waals surface area (Å²) in [5.41, 5.74) is -0.155. The fourth-order valence-electron chi connectivity index (χ4n) is 2.38. The first-order valence-electron chi connectivity index (χ1n) is 7.66. The van der Waals surface area contributed by atoms with Crippen molar-refractivity contribution in [2.24, 2.45) is 0 Å². The lowest BCUT2D eigenvalue weighted by atomic mass is 10.1. The third-order valence-electron chi connectivity index (χ3n) is 3.50. The molecule has 0 saturated carbocycles. The molecule has 0 aliphatic carbocycles. The van der Waals surface area contributed by atoms with Crippen molar-refractivity contribution in [2.45, 2.75) is 18.8 Å². The largest absolute Gasteiger partial charge is 0.489 e. The Hall–Kier alpha value is -1.76. The summed E-state index contributed by atoms with van der Waals surface area (Å²) < 4.78 is 43.6. The van der Waals surface area contributed by atoms with Gasteiger partial charge in [0.25, 0.3) is 0 Å². The van der Waals surface area contributed by atoms with Crippen molar-refractivity contribution >= 4 is 11.6 Å². The van der Waals surface area contributed by atoms with Gasteiger partial charge < -0.3 is 9.84 Å². The predicted molar refractivity (Wildman–Crippen MR) is 90.7 cm³/mol. The number of aliphatic hydroxyl groups excluding tert-OH is 1. The number of rotatable bonds is 7. The van der Waals surface area contributed by atoms with E-state index in [-0.39, 0.29) is 19.7 Å². The van der Waals surface area contributed by atoms with Crippen molar-refractivity contribution in [2.75, 3.05) is 20.2 Å². The molecule has 0 amide bonds. The number of hydrogen-bond donors (Lipinski definition) is 1. The molecule has 25 heavy (non-hydrogen) atoms. The molecule has 7 heteroatoms. The van der Waals surface area contributed by atoms with Crippen molar-refractivity contribution in [3.63, 3.8) is 0 Å². The second-order valence-electron chi connectivity index (χ2n) is 5.79. The molecule has 0 saturated heterocycles. The standard InChI is InChI=1S/C18H19ClF3NO2/c1-23(10-13-5-4-6-14(9-13)18(20,21)22)11-15(24)12-25-17-8-3-2-7-16(17)19/h2-9,15,24H,10-12H2,1H3. The van der Waals surface area contributed by atoms with Crippen LogP contribution in [0.25, 0.3) is 0 Å². The summed E-state index contributed by atoms with van der Waals surface area (Å²) >= 11 is 5.96. The zero-order valence-electron chi connectivity index (χ0n) is 13.6. The predicted octanol–water partition coefficient (Wildman–Crippen LogP) is 4.23. The number of benzene rings is 2. The van der Waals surface area contributed by atoms with E-state index in [9.17, 15) is 18.3 Å². The molecule has 0 spiro atoms. The molecule has 0 heterocycles. The highest BCUT2D eigenvalue weighted by atomic mass is 35.5. The van der Waals surface area contributed by atoms with Crippen molar-refractivity contribution in [1.29, 1.82) is 0 Å². The van der Waals surface area contributed by atoms with Crippen molar-refractivity contribution in [3.8, 4) is 5.75 Å². The second kappa shape index (κ2) is 8.56. The maximum absolute atomic E-state index is 12.7. The van der Waals surface area contributed by atoms with Gasteiger partial charge in [-0.3, -0.25) is 4.90 Å². The van der Waals surface area contributed by atoms with E-state index in [1.807, 2.05) is 0 Å². The molecule has 0 radical (unpaired) electrons. The van der Waals surface area contributed by atoms with E-state index in [1.54, 1.807) is 42.3 Å². The highest BCUT2D eigenvalue weighted by Gasteiger charge is 2.30. The van der Waals surface area contributed by atoms with Crippen LogP contribution in [0, 0.1) is 0 Å². The van der Waals surface area contributed by atoms with Crippen LogP contribution in [0.4, 0.5) is 13.2 Å². The van der Waals surface area contributed by atoms with Gasteiger partial charge in [-0.2, -0.15) is 13.2 Å². The normalized spacial score (nSPS) is 13.1. The number of hydrogen-bond acceptors (Lipinski definition) is 3. The molecule has 1 N–H and O–H groups in total. The van der Waals surface area contributed by atoms with E-state index in [4.69, 9.17) is 16.3 Å². The van der Waals surface area contributed by atoms with E-state index < -0.39 is 17.8 Å². The zero-order chi connectivity index (χ0) is 18.4. The number of ether oxygens (including phenoxy) is 1. The minimum atomic E-state index is -4.36. The van der Waals surface area contributed by atoms with Gasteiger partial charge in [-0.1, -0.05) is 41.9 Å². The van der Waals surface area contributed by atoms with Crippen molar-refractivity contribution in [3.05, 3.63) is 64.7 Å². The maximum atomic E-state index is 12.7. The first-order valence-corrected chi connectivity index (χ1v) is 8.03. The molecule has 0 bridgehead atoms. The fourth-order valence-corrected chi connectivity index (χ4v) is 2.57. The van der Waals surface area contributed by atoms with Crippen LogP contribution in [0.2, 0.25) is 5.02 Å². The summed E-state index contributed by atoms with van der Waals surface area (Å²) in [5, 5.41) is 10.5. The Morgan fingerprint density at radius 1 is 1.16 bits per heavy atom. The lowest BCUT2D eigenvalue weighted by Crippen LogP contribution is -2.32. The quantitative estimate of drug-likeness (QED) is 0.788. The van der Waals surface area contributed by atoms with Gasteiger partial charge in [0.2, 0.25) is 0 Å². The van der Waals surface area contributed by atoms with Gasteiger partial charge >= 0.3 is 6.18 Å². The van der Waals surface area contributed by atoms with E-state index >= 15 is 0 Å². The van der Waals surface area contributed by atoms with E-state index in [0.29, 0.717) is 16.3 Å². The van der Waals surface area contributed by atoms with Gasteiger partial charge in [-0.05, 0) is 30.8 Å². The Morgan fingerprint density at radius 2 is 1.88 bits per heavy atom. The van der Waals surface area contributed by atoms with Crippen LogP contribution in [0.3, 0.4) is 0 Å². The number of aliphatic hydroxyl groups is 1. The molecule has 0 aliphatic rings.